The van der Waals surface area contributed by atoms with Crippen molar-refractivity contribution in [2.24, 2.45) is 7.05 Å². The molecule has 2 unspecified atom stereocenters. The summed E-state index contributed by atoms with van der Waals surface area (Å²) in [6.45, 7) is 0.923. The van der Waals surface area contributed by atoms with Crippen molar-refractivity contribution in [1.82, 2.24) is 24.3 Å². The summed E-state index contributed by atoms with van der Waals surface area (Å²) in [5.74, 6) is -0.398. The highest BCUT2D eigenvalue weighted by Crippen LogP contribution is 2.40. The van der Waals surface area contributed by atoms with Crippen molar-refractivity contribution in [2.45, 2.75) is 23.6 Å². The van der Waals surface area contributed by atoms with Crippen LogP contribution in [0.4, 0.5) is 0 Å². The van der Waals surface area contributed by atoms with Gasteiger partial charge in [0.25, 0.3) is 10.2 Å². The summed E-state index contributed by atoms with van der Waals surface area (Å²) in [5.41, 5.74) is 2.79. The van der Waals surface area contributed by atoms with E-state index in [1.54, 1.807) is 34.9 Å². The number of rotatable bonds is 8. The van der Waals surface area contributed by atoms with Crippen LogP contribution in [0.25, 0.3) is 11.3 Å². The van der Waals surface area contributed by atoms with Gasteiger partial charge in [-0.2, -0.15) is 5.10 Å². The highest BCUT2D eigenvalue weighted by molar-refractivity contribution is 7.98. The highest BCUT2D eigenvalue weighted by Gasteiger charge is 2.45. The summed E-state index contributed by atoms with van der Waals surface area (Å²) in [5, 5.41) is 33.4. The fraction of sp³-hybridized carbons (Fsp3) is 0.292. The number of nitrogens with zero attached hydrogens (tertiary/aromatic N) is 7. The average Bonchev–Trinajstić information content (AvgIpc) is 3.68. The summed E-state index contributed by atoms with van der Waals surface area (Å²) in [7, 11) is 2.01. The van der Waals surface area contributed by atoms with Crippen molar-refractivity contribution < 1.29 is 34.8 Å². The van der Waals surface area contributed by atoms with Gasteiger partial charge in [-0.1, -0.05) is 41.0 Å². The van der Waals surface area contributed by atoms with Crippen LogP contribution < -0.4 is 4.74 Å². The third kappa shape index (κ3) is 9.42. The molecule has 1 fully saturated rings. The molecule has 0 spiro atoms. The Labute approximate surface area is 258 Å². The van der Waals surface area contributed by atoms with Gasteiger partial charge in [-0.05, 0) is 42.7 Å². The molecule has 0 bridgehead atoms. The lowest BCUT2D eigenvalue weighted by Gasteiger charge is -2.29. The van der Waals surface area contributed by atoms with Crippen molar-refractivity contribution in [3.63, 3.8) is 0 Å². The van der Waals surface area contributed by atoms with Crippen LogP contribution in [0, 0.1) is 20.2 Å². The van der Waals surface area contributed by atoms with Gasteiger partial charge in [0.2, 0.25) is 5.79 Å². The van der Waals surface area contributed by atoms with E-state index in [0.29, 0.717) is 28.8 Å². The van der Waals surface area contributed by atoms with Gasteiger partial charge in [0, 0.05) is 23.2 Å². The second-order valence-electron chi connectivity index (χ2n) is 8.52. The molecular formula is C24H25Cl2N7O9S. The molecule has 0 aliphatic carbocycles. The third-order valence-corrected chi connectivity index (χ3v) is 7.04. The van der Waals surface area contributed by atoms with E-state index in [-0.39, 0.29) is 12.6 Å². The summed E-state index contributed by atoms with van der Waals surface area (Å²) in [6.07, 6.45) is 6.64. The minimum absolute atomic E-state index is 0.280. The van der Waals surface area contributed by atoms with E-state index >= 15 is 0 Å². The van der Waals surface area contributed by atoms with Crippen molar-refractivity contribution in [1.29, 1.82) is 0 Å². The third-order valence-electron chi connectivity index (χ3n) is 5.75. The van der Waals surface area contributed by atoms with Crippen LogP contribution in [0.15, 0.2) is 66.5 Å². The van der Waals surface area contributed by atoms with E-state index in [0.717, 1.165) is 22.2 Å². The SMILES string of the molecule is CSc1ncc(-c2ccc(OCC3COC(Cn4cncn4)(c4ccc(Cl)cc4Cl)O3)cc2)n1C.O=[N+]([O-])O.O=[N+]([O-])O. The normalized spacial score (nSPS) is 17.3. The quantitative estimate of drug-likeness (QED) is 0.154. The summed E-state index contributed by atoms with van der Waals surface area (Å²) in [4.78, 5) is 25.2. The van der Waals surface area contributed by atoms with Crippen LogP contribution in [0.5, 0.6) is 5.75 Å². The van der Waals surface area contributed by atoms with E-state index in [9.17, 15) is 0 Å². The van der Waals surface area contributed by atoms with Crippen LogP contribution >= 0.6 is 35.0 Å². The standard InChI is InChI=1S/C24H23Cl2N5O3S.2HNO3/c1-30-22(10-28-23(30)35-2)16-3-6-18(7-4-16)32-11-19-12-33-24(34-19,13-31-15-27-14-29-31)20-8-5-17(25)9-21(20)26;2*2-1(3)4/h3-10,14-15,19H,11-13H2,1-2H3;2*(H,2,3,4). The first kappa shape index (κ1) is 33.3. The molecule has 19 heteroatoms. The predicted molar refractivity (Wildman–Crippen MR) is 152 cm³/mol. The second-order valence-corrected chi connectivity index (χ2v) is 10.1. The fourth-order valence-electron chi connectivity index (χ4n) is 4.04. The molecule has 2 N–H and O–H groups in total. The number of ether oxygens (including phenoxy) is 3. The van der Waals surface area contributed by atoms with Crippen molar-refractivity contribution in [3.05, 3.63) is 97.2 Å². The zero-order chi connectivity index (χ0) is 31.6. The Morgan fingerprint density at radius 2 is 1.84 bits per heavy atom. The minimum Gasteiger partial charge on any atom is -0.491 e. The highest BCUT2D eigenvalue weighted by atomic mass is 35.5. The predicted octanol–water partition coefficient (Wildman–Crippen LogP) is 4.36. The van der Waals surface area contributed by atoms with E-state index < -0.39 is 16.0 Å². The van der Waals surface area contributed by atoms with Gasteiger partial charge < -0.3 is 29.2 Å². The molecule has 16 nitrogen and oxygen atoms in total. The zero-order valence-corrected chi connectivity index (χ0v) is 24.8. The van der Waals surface area contributed by atoms with Gasteiger partial charge in [-0.25, -0.2) is 14.6 Å². The van der Waals surface area contributed by atoms with Gasteiger partial charge in [0.05, 0.1) is 23.5 Å². The molecule has 2 aromatic carbocycles. The van der Waals surface area contributed by atoms with Gasteiger partial charge in [-0.3, -0.25) is 0 Å². The zero-order valence-electron chi connectivity index (χ0n) is 22.5. The van der Waals surface area contributed by atoms with Gasteiger partial charge >= 0.3 is 0 Å². The number of benzene rings is 2. The molecule has 1 saturated heterocycles. The molecule has 3 heterocycles. The number of thioether (sulfide) groups is 1. The fourth-order valence-corrected chi connectivity index (χ4v) is 5.13. The molecule has 43 heavy (non-hydrogen) atoms. The van der Waals surface area contributed by atoms with Gasteiger partial charge in [-0.15, -0.1) is 20.2 Å². The van der Waals surface area contributed by atoms with E-state index in [1.165, 1.54) is 6.33 Å². The van der Waals surface area contributed by atoms with Gasteiger partial charge in [0.1, 0.15) is 37.7 Å². The molecule has 1 aliphatic rings. The average molecular weight is 658 g/mol. The summed E-state index contributed by atoms with van der Waals surface area (Å²) < 4.78 is 22.3. The van der Waals surface area contributed by atoms with Crippen LogP contribution in [0.1, 0.15) is 5.56 Å². The van der Waals surface area contributed by atoms with E-state index in [2.05, 4.69) is 19.6 Å². The van der Waals surface area contributed by atoms with Crippen LogP contribution in [0.3, 0.4) is 0 Å². The molecule has 2 aromatic heterocycles. The minimum atomic E-state index is -1.50. The summed E-state index contributed by atoms with van der Waals surface area (Å²) >= 11 is 14.2. The Balaban J connectivity index is 0.000000566. The van der Waals surface area contributed by atoms with Crippen LogP contribution in [-0.4, -0.2) is 70.5 Å². The maximum atomic E-state index is 8.36. The number of hydrogen-bond donors (Lipinski definition) is 2. The maximum Gasteiger partial charge on any atom is 0.291 e. The first-order valence-corrected chi connectivity index (χ1v) is 14.0. The molecule has 1 aliphatic heterocycles. The Morgan fingerprint density at radius 1 is 1.16 bits per heavy atom. The lowest BCUT2D eigenvalue weighted by molar-refractivity contribution is -0.742. The van der Waals surface area contributed by atoms with E-state index in [4.69, 9.17) is 68.1 Å². The van der Waals surface area contributed by atoms with Crippen LogP contribution in [-0.2, 0) is 28.9 Å². The molecule has 4 aromatic rings. The number of hydrogen-bond acceptors (Lipinski definition) is 11. The molecular weight excluding hydrogens is 633 g/mol. The lowest BCUT2D eigenvalue weighted by atomic mass is 10.1. The van der Waals surface area contributed by atoms with Crippen molar-refractivity contribution >= 4 is 35.0 Å². The second kappa shape index (κ2) is 15.4. The van der Waals surface area contributed by atoms with E-state index in [1.807, 2.05) is 49.8 Å². The molecule has 230 valence electrons. The molecule has 0 amide bonds. The Bertz CT molecular complexity index is 1490. The topological polar surface area (TPSA) is 203 Å². The molecule has 0 radical (unpaired) electrons. The van der Waals surface area contributed by atoms with Gasteiger partial charge in [0.15, 0.2) is 5.16 Å². The van der Waals surface area contributed by atoms with Crippen LogP contribution in [0.2, 0.25) is 10.0 Å². The molecule has 0 saturated carbocycles. The van der Waals surface area contributed by atoms with Crippen molar-refractivity contribution in [3.8, 4) is 17.0 Å². The first-order valence-electron chi connectivity index (χ1n) is 12.0. The Hall–Kier alpha value is -4.16. The molecule has 5 rings (SSSR count). The molecule has 2 atom stereocenters. The van der Waals surface area contributed by atoms with Crippen molar-refractivity contribution in [2.75, 3.05) is 19.5 Å². The number of imidazole rings is 1. The Kier molecular flexibility index (Phi) is 11.9. The summed E-state index contributed by atoms with van der Waals surface area (Å²) in [6, 6.07) is 13.2. The largest absolute Gasteiger partial charge is 0.491 e. The lowest BCUT2D eigenvalue weighted by Crippen LogP contribution is -2.35. The number of halogens is 2. The smallest absolute Gasteiger partial charge is 0.291 e. The Morgan fingerprint density at radius 3 is 2.40 bits per heavy atom. The maximum absolute atomic E-state index is 8.36. The monoisotopic (exact) mass is 657 g/mol. The number of aromatic nitrogens is 5. The first-order chi connectivity index (χ1) is 20.4.